The van der Waals surface area contributed by atoms with Crippen LogP contribution >= 0.6 is 11.3 Å². The minimum Gasteiger partial charge on any atom is -0.370 e. The minimum atomic E-state index is -0.134. The van der Waals surface area contributed by atoms with E-state index in [1.807, 2.05) is 6.07 Å². The molecule has 0 bridgehead atoms. The summed E-state index contributed by atoms with van der Waals surface area (Å²) in [5, 5.41) is 2.05. The summed E-state index contributed by atoms with van der Waals surface area (Å²) < 4.78 is 5.45. The molecule has 1 saturated heterocycles. The van der Waals surface area contributed by atoms with Crippen molar-refractivity contribution in [3.05, 3.63) is 22.4 Å². The van der Waals surface area contributed by atoms with Crippen LogP contribution in [-0.2, 0) is 16.0 Å². The molecule has 0 spiro atoms. The van der Waals surface area contributed by atoms with Crippen LogP contribution in [0.4, 0.5) is 0 Å². The van der Waals surface area contributed by atoms with Crippen LogP contribution in [0.15, 0.2) is 17.5 Å². The molecule has 0 amide bonds. The summed E-state index contributed by atoms with van der Waals surface area (Å²) in [6, 6.07) is 4.11. The van der Waals surface area contributed by atoms with Crippen LogP contribution in [0, 0.1) is 5.92 Å². The first-order chi connectivity index (χ1) is 7.27. The lowest BCUT2D eigenvalue weighted by molar-refractivity contribution is -0.129. The monoisotopic (exact) mass is 224 g/mol. The second-order valence-corrected chi connectivity index (χ2v) is 5.14. The van der Waals surface area contributed by atoms with Crippen LogP contribution in [0.1, 0.15) is 24.6 Å². The van der Waals surface area contributed by atoms with Gasteiger partial charge in [-0.15, -0.1) is 11.3 Å². The van der Waals surface area contributed by atoms with E-state index in [9.17, 15) is 4.79 Å². The van der Waals surface area contributed by atoms with Gasteiger partial charge >= 0.3 is 0 Å². The Morgan fingerprint density at radius 2 is 2.53 bits per heavy atom. The first-order valence-corrected chi connectivity index (χ1v) is 6.32. The number of ketones is 1. The van der Waals surface area contributed by atoms with E-state index >= 15 is 0 Å². The zero-order chi connectivity index (χ0) is 10.7. The Morgan fingerprint density at radius 1 is 1.67 bits per heavy atom. The van der Waals surface area contributed by atoms with Crippen LogP contribution in [0.2, 0.25) is 0 Å². The lowest BCUT2D eigenvalue weighted by Gasteiger charge is -2.12. The maximum Gasteiger partial charge on any atom is 0.162 e. The van der Waals surface area contributed by atoms with E-state index in [2.05, 4.69) is 18.4 Å². The Kier molecular flexibility index (Phi) is 3.54. The van der Waals surface area contributed by atoms with Gasteiger partial charge in [0.1, 0.15) is 6.10 Å². The molecule has 3 heteroatoms. The van der Waals surface area contributed by atoms with Crippen LogP contribution in [-0.4, -0.2) is 18.5 Å². The third-order valence-electron chi connectivity index (χ3n) is 2.90. The van der Waals surface area contributed by atoms with Gasteiger partial charge in [-0.3, -0.25) is 4.79 Å². The smallest absolute Gasteiger partial charge is 0.162 e. The Labute approximate surface area is 94.3 Å². The Morgan fingerprint density at radius 3 is 3.13 bits per heavy atom. The van der Waals surface area contributed by atoms with Crippen LogP contribution in [0.25, 0.3) is 0 Å². The highest BCUT2D eigenvalue weighted by Crippen LogP contribution is 2.22. The SMILES string of the molecule is CC1CCOC1C(=O)CCc1cccs1. The number of carbonyl (C=O) groups is 1. The average Bonchev–Trinajstić information content (AvgIpc) is 2.84. The van der Waals surface area contributed by atoms with Crippen molar-refractivity contribution in [3.8, 4) is 0 Å². The molecule has 0 saturated carbocycles. The number of ether oxygens (including phenoxy) is 1. The summed E-state index contributed by atoms with van der Waals surface area (Å²) in [6.07, 6.45) is 2.37. The van der Waals surface area contributed by atoms with Crippen molar-refractivity contribution >= 4 is 17.1 Å². The van der Waals surface area contributed by atoms with Gasteiger partial charge in [-0.2, -0.15) is 0 Å². The van der Waals surface area contributed by atoms with Gasteiger partial charge in [0.2, 0.25) is 0 Å². The molecule has 0 aromatic carbocycles. The molecule has 1 aromatic heterocycles. The normalized spacial score (nSPS) is 25.7. The number of Topliss-reactive ketones (excluding diaryl/α,β-unsaturated/α-hetero) is 1. The lowest BCUT2D eigenvalue weighted by atomic mass is 9.98. The number of aryl methyl sites for hydroxylation is 1. The number of hydrogen-bond donors (Lipinski definition) is 0. The molecule has 2 unspecified atom stereocenters. The van der Waals surface area contributed by atoms with Crippen molar-refractivity contribution < 1.29 is 9.53 Å². The molecule has 2 atom stereocenters. The second kappa shape index (κ2) is 4.90. The van der Waals surface area contributed by atoms with Gasteiger partial charge in [0.25, 0.3) is 0 Å². The molecular weight excluding hydrogens is 208 g/mol. The second-order valence-electron chi connectivity index (χ2n) is 4.10. The zero-order valence-electron chi connectivity index (χ0n) is 8.94. The quantitative estimate of drug-likeness (QED) is 0.786. The highest BCUT2D eigenvalue weighted by Gasteiger charge is 2.29. The Bertz CT molecular complexity index is 318. The molecular formula is C12H16O2S. The maximum absolute atomic E-state index is 11.8. The molecule has 2 nitrogen and oxygen atoms in total. The zero-order valence-corrected chi connectivity index (χ0v) is 9.76. The first-order valence-electron chi connectivity index (χ1n) is 5.44. The number of hydrogen-bond acceptors (Lipinski definition) is 3. The summed E-state index contributed by atoms with van der Waals surface area (Å²) >= 11 is 1.72. The topological polar surface area (TPSA) is 26.3 Å². The minimum absolute atomic E-state index is 0.134. The standard InChI is InChI=1S/C12H16O2S/c1-9-6-7-14-12(9)11(13)5-4-10-3-2-8-15-10/h2-3,8-9,12H,4-7H2,1H3. The van der Waals surface area contributed by atoms with Gasteiger partial charge in [0.15, 0.2) is 5.78 Å². The first kappa shape index (κ1) is 10.8. The van der Waals surface area contributed by atoms with Gasteiger partial charge in [-0.1, -0.05) is 13.0 Å². The fourth-order valence-corrected chi connectivity index (χ4v) is 2.66. The summed E-state index contributed by atoms with van der Waals surface area (Å²) in [7, 11) is 0. The molecule has 0 aliphatic carbocycles. The van der Waals surface area contributed by atoms with E-state index in [4.69, 9.17) is 4.74 Å². The van der Waals surface area contributed by atoms with Crippen molar-refractivity contribution in [2.75, 3.05) is 6.61 Å². The molecule has 0 radical (unpaired) electrons. The van der Waals surface area contributed by atoms with Gasteiger partial charge in [-0.25, -0.2) is 0 Å². The number of carbonyl (C=O) groups excluding carboxylic acids is 1. The highest BCUT2D eigenvalue weighted by atomic mass is 32.1. The number of rotatable bonds is 4. The molecule has 0 N–H and O–H groups in total. The third kappa shape index (κ3) is 2.67. The summed E-state index contributed by atoms with van der Waals surface area (Å²) in [4.78, 5) is 13.1. The molecule has 1 aliphatic rings. The van der Waals surface area contributed by atoms with Crippen LogP contribution in [0.5, 0.6) is 0 Å². The van der Waals surface area contributed by atoms with E-state index in [0.717, 1.165) is 19.4 Å². The Hall–Kier alpha value is -0.670. The summed E-state index contributed by atoms with van der Waals surface area (Å²) in [6.45, 7) is 2.84. The predicted molar refractivity (Wildman–Crippen MR) is 61.2 cm³/mol. The molecule has 1 aromatic rings. The van der Waals surface area contributed by atoms with Crippen molar-refractivity contribution in [1.82, 2.24) is 0 Å². The van der Waals surface area contributed by atoms with Gasteiger partial charge in [-0.05, 0) is 30.2 Å². The van der Waals surface area contributed by atoms with E-state index in [0.29, 0.717) is 12.3 Å². The summed E-state index contributed by atoms with van der Waals surface area (Å²) in [5.41, 5.74) is 0. The fourth-order valence-electron chi connectivity index (χ4n) is 1.95. The van der Waals surface area contributed by atoms with E-state index in [-0.39, 0.29) is 11.9 Å². The molecule has 2 rings (SSSR count). The third-order valence-corrected chi connectivity index (χ3v) is 3.84. The van der Waals surface area contributed by atoms with Crippen molar-refractivity contribution in [2.24, 2.45) is 5.92 Å². The number of thiophene rings is 1. The van der Waals surface area contributed by atoms with Gasteiger partial charge < -0.3 is 4.74 Å². The van der Waals surface area contributed by atoms with Crippen LogP contribution in [0.3, 0.4) is 0 Å². The molecule has 1 fully saturated rings. The van der Waals surface area contributed by atoms with Crippen LogP contribution < -0.4 is 0 Å². The van der Waals surface area contributed by atoms with E-state index < -0.39 is 0 Å². The van der Waals surface area contributed by atoms with Gasteiger partial charge in [0.05, 0.1) is 0 Å². The largest absolute Gasteiger partial charge is 0.370 e. The van der Waals surface area contributed by atoms with E-state index in [1.54, 1.807) is 11.3 Å². The predicted octanol–water partition coefficient (Wildman–Crippen LogP) is 2.67. The molecule has 15 heavy (non-hydrogen) atoms. The Balaban J connectivity index is 1.82. The molecule has 82 valence electrons. The fraction of sp³-hybridized carbons (Fsp3) is 0.583. The lowest BCUT2D eigenvalue weighted by Crippen LogP contribution is -2.25. The molecule has 2 heterocycles. The maximum atomic E-state index is 11.8. The van der Waals surface area contributed by atoms with E-state index in [1.165, 1.54) is 4.88 Å². The highest BCUT2D eigenvalue weighted by molar-refractivity contribution is 7.09. The average molecular weight is 224 g/mol. The van der Waals surface area contributed by atoms with Crippen molar-refractivity contribution in [3.63, 3.8) is 0 Å². The van der Waals surface area contributed by atoms with Gasteiger partial charge in [0, 0.05) is 17.9 Å². The van der Waals surface area contributed by atoms with Crippen molar-refractivity contribution in [1.29, 1.82) is 0 Å². The molecule has 1 aliphatic heterocycles. The van der Waals surface area contributed by atoms with Crippen molar-refractivity contribution in [2.45, 2.75) is 32.3 Å². The summed E-state index contributed by atoms with van der Waals surface area (Å²) in [5.74, 6) is 0.675.